The van der Waals surface area contributed by atoms with E-state index in [1.54, 1.807) is 6.92 Å². The van der Waals surface area contributed by atoms with Crippen molar-refractivity contribution in [2.24, 2.45) is 5.41 Å². The third-order valence-electron chi connectivity index (χ3n) is 6.39. The lowest BCUT2D eigenvalue weighted by Gasteiger charge is -2.36. The maximum absolute atomic E-state index is 12.8. The number of aromatic nitrogens is 2. The Kier molecular flexibility index (Phi) is 4.91. The predicted molar refractivity (Wildman–Crippen MR) is 98.4 cm³/mol. The molecule has 2 fully saturated rings. The molecule has 7 heteroatoms. The molecule has 1 aromatic carbocycles. The van der Waals surface area contributed by atoms with Crippen LogP contribution in [0.4, 0.5) is 13.2 Å². The second-order valence-electron chi connectivity index (χ2n) is 8.11. The lowest BCUT2D eigenvalue weighted by atomic mass is 9.70. The molecule has 28 heavy (non-hydrogen) atoms. The first kappa shape index (κ1) is 19.3. The molecule has 1 aromatic heterocycles. The molecule has 2 aliphatic heterocycles. The van der Waals surface area contributed by atoms with E-state index in [4.69, 9.17) is 0 Å². The lowest BCUT2D eigenvalue weighted by Crippen LogP contribution is -2.41. The molecule has 3 atom stereocenters. The smallest absolute Gasteiger partial charge is 0.396 e. The van der Waals surface area contributed by atoms with Crippen LogP contribution in [0.15, 0.2) is 36.5 Å². The number of hydrogen-bond donors (Lipinski definition) is 1. The van der Waals surface area contributed by atoms with Crippen LogP contribution in [0, 0.1) is 12.3 Å². The van der Waals surface area contributed by atoms with Crippen LogP contribution in [0.3, 0.4) is 0 Å². The molecule has 150 valence electrons. The van der Waals surface area contributed by atoms with Gasteiger partial charge in [-0.15, -0.1) is 0 Å². The summed E-state index contributed by atoms with van der Waals surface area (Å²) in [6, 6.07) is 10.7. The molecule has 0 radical (unpaired) electrons. The number of hydrogen-bond acceptors (Lipinski definition) is 4. The maximum Gasteiger partial charge on any atom is 0.451 e. The summed E-state index contributed by atoms with van der Waals surface area (Å²) in [5, 5.41) is 10.3. The van der Waals surface area contributed by atoms with E-state index < -0.39 is 12.0 Å². The van der Waals surface area contributed by atoms with Gasteiger partial charge in [0, 0.05) is 41.5 Å². The van der Waals surface area contributed by atoms with Crippen molar-refractivity contribution in [3.05, 3.63) is 59.2 Å². The second kappa shape index (κ2) is 7.12. The number of fused-ring (bicyclic) bond motifs is 2. The van der Waals surface area contributed by atoms with Crippen molar-refractivity contribution in [2.75, 3.05) is 6.61 Å². The van der Waals surface area contributed by atoms with Gasteiger partial charge in [-0.2, -0.15) is 13.2 Å². The molecule has 2 saturated heterocycles. The van der Waals surface area contributed by atoms with E-state index in [1.807, 2.05) is 18.2 Å². The third-order valence-corrected chi connectivity index (χ3v) is 6.39. The summed E-state index contributed by atoms with van der Waals surface area (Å²) in [5.74, 6) is -1.09. The quantitative estimate of drug-likeness (QED) is 0.843. The number of aryl methyl sites for hydroxylation is 1. The molecule has 4 nitrogen and oxygen atoms in total. The highest BCUT2D eigenvalue weighted by Crippen LogP contribution is 2.51. The number of aliphatic hydroxyl groups excluding tert-OH is 1. The Balaban J connectivity index is 1.55. The number of rotatable bonds is 5. The van der Waals surface area contributed by atoms with E-state index in [-0.39, 0.29) is 18.1 Å². The highest BCUT2D eigenvalue weighted by Gasteiger charge is 2.55. The van der Waals surface area contributed by atoms with Crippen molar-refractivity contribution in [3.63, 3.8) is 0 Å². The van der Waals surface area contributed by atoms with Gasteiger partial charge in [-0.25, -0.2) is 9.97 Å². The molecule has 0 unspecified atom stereocenters. The van der Waals surface area contributed by atoms with E-state index in [2.05, 4.69) is 27.0 Å². The molecule has 4 rings (SSSR count). The fourth-order valence-electron chi connectivity index (χ4n) is 5.06. The first-order valence-corrected chi connectivity index (χ1v) is 9.63. The van der Waals surface area contributed by atoms with Crippen LogP contribution in [0.5, 0.6) is 0 Å². The Morgan fingerprint density at radius 3 is 2.61 bits per heavy atom. The Bertz CT molecular complexity index is 843. The molecule has 0 saturated carbocycles. The number of halogens is 3. The molecular weight excluding hydrogens is 367 g/mol. The zero-order chi connectivity index (χ0) is 19.9. The summed E-state index contributed by atoms with van der Waals surface area (Å²) in [6.45, 7) is 2.24. The van der Waals surface area contributed by atoms with Crippen molar-refractivity contribution in [3.8, 4) is 0 Å². The molecule has 0 aliphatic carbocycles. The first-order chi connectivity index (χ1) is 13.3. The zero-order valence-corrected chi connectivity index (χ0v) is 15.8. The molecule has 2 aromatic rings. The van der Waals surface area contributed by atoms with E-state index in [9.17, 15) is 18.3 Å². The van der Waals surface area contributed by atoms with Crippen LogP contribution in [0.1, 0.15) is 41.9 Å². The van der Waals surface area contributed by atoms with Crippen molar-refractivity contribution in [1.29, 1.82) is 0 Å². The molecule has 2 aliphatic rings. The average molecular weight is 391 g/mol. The van der Waals surface area contributed by atoms with Gasteiger partial charge < -0.3 is 5.11 Å². The standard InChI is InChI=1S/C21H24F3N3O/c1-14-16(11-25-19(26-14)21(22,23)24)12-27-17-7-8-18(27)20(10-17,13-28)9-15-5-3-2-4-6-15/h2-6,11,17-18,28H,7-10,12-13H2,1H3/t17-,18+,20-/m1/s1. The Morgan fingerprint density at radius 1 is 1.21 bits per heavy atom. The first-order valence-electron chi connectivity index (χ1n) is 9.63. The number of aliphatic hydroxyl groups is 1. The van der Waals surface area contributed by atoms with Crippen LogP contribution in [-0.4, -0.2) is 38.7 Å². The lowest BCUT2D eigenvalue weighted by molar-refractivity contribution is -0.145. The Labute approximate surface area is 162 Å². The highest BCUT2D eigenvalue weighted by atomic mass is 19.4. The minimum atomic E-state index is -4.53. The fraction of sp³-hybridized carbons (Fsp3) is 0.524. The second-order valence-corrected chi connectivity index (χ2v) is 8.11. The Hall–Kier alpha value is -1.99. The largest absolute Gasteiger partial charge is 0.451 e. The van der Waals surface area contributed by atoms with E-state index >= 15 is 0 Å². The zero-order valence-electron chi connectivity index (χ0n) is 15.8. The predicted octanol–water partition coefficient (Wildman–Crippen LogP) is 3.76. The van der Waals surface area contributed by atoms with Crippen LogP contribution in [0.2, 0.25) is 0 Å². The average Bonchev–Trinajstić information content (AvgIpc) is 3.18. The maximum atomic E-state index is 12.8. The third kappa shape index (κ3) is 3.42. The number of nitrogens with zero attached hydrogens (tertiary/aromatic N) is 3. The van der Waals surface area contributed by atoms with E-state index in [1.165, 1.54) is 11.8 Å². The summed E-state index contributed by atoms with van der Waals surface area (Å²) >= 11 is 0. The highest BCUT2D eigenvalue weighted by molar-refractivity contribution is 5.23. The Morgan fingerprint density at radius 2 is 1.96 bits per heavy atom. The van der Waals surface area contributed by atoms with Gasteiger partial charge in [-0.05, 0) is 38.2 Å². The van der Waals surface area contributed by atoms with Gasteiger partial charge in [0.05, 0.1) is 6.61 Å². The van der Waals surface area contributed by atoms with Crippen molar-refractivity contribution in [1.82, 2.24) is 14.9 Å². The summed E-state index contributed by atoms with van der Waals surface area (Å²) < 4.78 is 38.5. The van der Waals surface area contributed by atoms with E-state index in [0.29, 0.717) is 18.3 Å². The molecule has 3 heterocycles. The number of benzene rings is 1. The van der Waals surface area contributed by atoms with Gasteiger partial charge in [0.15, 0.2) is 0 Å². The summed E-state index contributed by atoms with van der Waals surface area (Å²) in [5.41, 5.74) is 2.09. The van der Waals surface area contributed by atoms with Crippen molar-refractivity contribution >= 4 is 0 Å². The van der Waals surface area contributed by atoms with Gasteiger partial charge in [0.2, 0.25) is 5.82 Å². The molecule has 2 bridgehead atoms. The fourth-order valence-corrected chi connectivity index (χ4v) is 5.06. The van der Waals surface area contributed by atoms with Crippen LogP contribution in [0.25, 0.3) is 0 Å². The number of alkyl halides is 3. The van der Waals surface area contributed by atoms with Gasteiger partial charge in [-0.3, -0.25) is 4.90 Å². The summed E-state index contributed by atoms with van der Waals surface area (Å²) in [4.78, 5) is 9.55. The summed E-state index contributed by atoms with van der Waals surface area (Å²) in [7, 11) is 0. The van der Waals surface area contributed by atoms with Crippen molar-refractivity contribution in [2.45, 2.75) is 57.4 Å². The van der Waals surface area contributed by atoms with Crippen LogP contribution in [-0.2, 0) is 19.1 Å². The molecule has 0 spiro atoms. The topological polar surface area (TPSA) is 49.2 Å². The molecule has 0 amide bonds. The van der Waals surface area contributed by atoms with Crippen LogP contribution >= 0.6 is 0 Å². The van der Waals surface area contributed by atoms with Gasteiger partial charge in [0.25, 0.3) is 0 Å². The van der Waals surface area contributed by atoms with Gasteiger partial charge >= 0.3 is 6.18 Å². The monoisotopic (exact) mass is 391 g/mol. The molecular formula is C21H24F3N3O. The minimum absolute atomic E-state index is 0.113. The van der Waals surface area contributed by atoms with Gasteiger partial charge in [0.1, 0.15) is 0 Å². The van der Waals surface area contributed by atoms with Gasteiger partial charge in [-0.1, -0.05) is 30.3 Å². The van der Waals surface area contributed by atoms with Crippen LogP contribution < -0.4 is 0 Å². The minimum Gasteiger partial charge on any atom is -0.396 e. The van der Waals surface area contributed by atoms with Crippen molar-refractivity contribution < 1.29 is 18.3 Å². The van der Waals surface area contributed by atoms with E-state index in [0.717, 1.165) is 31.2 Å². The molecule has 1 N–H and O–H groups in total. The SMILES string of the molecule is Cc1nc(C(F)(F)F)ncc1CN1[C@@H]2CC[C@H]1[C@](CO)(Cc1ccccc1)C2. The summed E-state index contributed by atoms with van der Waals surface area (Å²) in [6.07, 6.45) is 0.548. The normalized spacial score (nSPS) is 27.5.